The van der Waals surface area contributed by atoms with Crippen LogP contribution in [0.25, 0.3) is 0 Å². The van der Waals surface area contributed by atoms with Crippen molar-refractivity contribution in [2.75, 3.05) is 0 Å². The van der Waals surface area contributed by atoms with Crippen molar-refractivity contribution in [3.05, 3.63) is 6.92 Å². The van der Waals surface area contributed by atoms with Crippen LogP contribution in [0.3, 0.4) is 0 Å². The molecule has 0 aliphatic carbocycles. The lowest BCUT2D eigenvalue weighted by Gasteiger charge is -2.22. The Morgan fingerprint density at radius 3 is 1.75 bits per heavy atom. The molecule has 0 atom stereocenters. The number of hydrogen-bond donors (Lipinski definition) is 0. The van der Waals surface area contributed by atoms with Crippen molar-refractivity contribution in [1.82, 2.24) is 0 Å². The molecule has 0 aliphatic rings. The Hall–Kier alpha value is 0.137. The van der Waals surface area contributed by atoms with Crippen molar-refractivity contribution in [1.29, 1.82) is 0 Å². The SMILES string of the molecule is [CH2]C[SiH2]C(OC(C)C)OC(C)C. The predicted molar refractivity (Wildman–Crippen MR) is 54.9 cm³/mol. The molecule has 0 bridgehead atoms. The fourth-order valence-electron chi connectivity index (χ4n) is 0.942. The van der Waals surface area contributed by atoms with E-state index in [9.17, 15) is 0 Å². The summed E-state index contributed by atoms with van der Waals surface area (Å²) < 4.78 is 11.2. The highest BCUT2D eigenvalue weighted by atomic mass is 28.2. The number of hydrogen-bond acceptors (Lipinski definition) is 2. The van der Waals surface area contributed by atoms with Crippen LogP contribution in [-0.4, -0.2) is 27.6 Å². The maximum atomic E-state index is 5.60. The van der Waals surface area contributed by atoms with Crippen molar-refractivity contribution in [3.8, 4) is 0 Å². The highest BCUT2D eigenvalue weighted by Gasteiger charge is 2.11. The van der Waals surface area contributed by atoms with Crippen molar-refractivity contribution >= 4 is 9.52 Å². The Kier molecular flexibility index (Phi) is 6.71. The molecule has 0 heterocycles. The Morgan fingerprint density at radius 2 is 1.50 bits per heavy atom. The van der Waals surface area contributed by atoms with Crippen molar-refractivity contribution in [3.63, 3.8) is 0 Å². The summed E-state index contributed by atoms with van der Waals surface area (Å²) in [5, 5.41) is 0. The van der Waals surface area contributed by atoms with Gasteiger partial charge in [-0.1, -0.05) is 13.0 Å². The van der Waals surface area contributed by atoms with E-state index in [0.717, 1.165) is 6.04 Å². The van der Waals surface area contributed by atoms with Crippen molar-refractivity contribution in [2.24, 2.45) is 0 Å². The zero-order chi connectivity index (χ0) is 9.56. The van der Waals surface area contributed by atoms with E-state index in [1.807, 2.05) is 27.7 Å². The third kappa shape index (κ3) is 6.82. The monoisotopic (exact) mass is 189 g/mol. The molecular formula is C9H21O2Si. The zero-order valence-corrected chi connectivity index (χ0v) is 10.1. The Morgan fingerprint density at radius 1 is 1.08 bits per heavy atom. The average molecular weight is 189 g/mol. The van der Waals surface area contributed by atoms with Crippen LogP contribution >= 0.6 is 0 Å². The third-order valence-corrected chi connectivity index (χ3v) is 2.55. The molecular weight excluding hydrogens is 168 g/mol. The first-order valence-electron chi connectivity index (χ1n) is 4.66. The summed E-state index contributed by atoms with van der Waals surface area (Å²) in [5.41, 5.74) is 0. The van der Waals surface area contributed by atoms with Gasteiger partial charge in [-0.15, -0.1) is 0 Å². The Labute approximate surface area is 78.5 Å². The molecule has 3 heteroatoms. The molecule has 0 rings (SSSR count). The van der Waals surface area contributed by atoms with E-state index in [1.165, 1.54) is 0 Å². The van der Waals surface area contributed by atoms with Gasteiger partial charge in [-0.05, 0) is 27.7 Å². The van der Waals surface area contributed by atoms with Crippen LogP contribution in [0.15, 0.2) is 0 Å². The van der Waals surface area contributed by atoms with E-state index >= 15 is 0 Å². The smallest absolute Gasteiger partial charge is 0.135 e. The summed E-state index contributed by atoms with van der Waals surface area (Å²) in [4.78, 5) is 0. The van der Waals surface area contributed by atoms with Crippen LogP contribution in [0.2, 0.25) is 6.04 Å². The van der Waals surface area contributed by atoms with Gasteiger partial charge >= 0.3 is 0 Å². The Bertz CT molecular complexity index is 94.7. The summed E-state index contributed by atoms with van der Waals surface area (Å²) in [7, 11) is -0.305. The van der Waals surface area contributed by atoms with Crippen LogP contribution < -0.4 is 0 Å². The summed E-state index contributed by atoms with van der Waals surface area (Å²) in [6.45, 7) is 12.0. The topological polar surface area (TPSA) is 18.5 Å². The first kappa shape index (κ1) is 12.1. The maximum absolute atomic E-state index is 5.60. The van der Waals surface area contributed by atoms with E-state index < -0.39 is 0 Å². The van der Waals surface area contributed by atoms with Gasteiger partial charge in [0.15, 0.2) is 0 Å². The minimum Gasteiger partial charge on any atom is -0.354 e. The second-order valence-electron chi connectivity index (χ2n) is 3.44. The first-order chi connectivity index (χ1) is 5.56. The molecule has 0 aromatic rings. The summed E-state index contributed by atoms with van der Waals surface area (Å²) in [5.74, 6) is 0.0579. The van der Waals surface area contributed by atoms with Gasteiger partial charge < -0.3 is 9.47 Å². The lowest BCUT2D eigenvalue weighted by Crippen LogP contribution is -2.29. The second kappa shape index (κ2) is 6.63. The molecule has 0 aromatic heterocycles. The van der Waals surface area contributed by atoms with Crippen LogP contribution in [0.1, 0.15) is 27.7 Å². The fourth-order valence-corrected chi connectivity index (χ4v) is 2.32. The molecule has 0 N–H and O–H groups in total. The maximum Gasteiger partial charge on any atom is 0.135 e. The quantitative estimate of drug-likeness (QED) is 0.466. The van der Waals surface area contributed by atoms with Gasteiger partial charge in [0, 0.05) is 0 Å². The molecule has 0 fully saturated rings. The fraction of sp³-hybridized carbons (Fsp3) is 0.889. The number of rotatable bonds is 6. The first-order valence-corrected chi connectivity index (χ1v) is 6.48. The molecule has 0 aliphatic heterocycles. The van der Waals surface area contributed by atoms with Crippen LogP contribution in [0.4, 0.5) is 0 Å². The molecule has 1 radical (unpaired) electrons. The molecule has 0 saturated heterocycles. The molecule has 2 nitrogen and oxygen atoms in total. The molecule has 0 spiro atoms. The van der Waals surface area contributed by atoms with Gasteiger partial charge in [0.25, 0.3) is 0 Å². The van der Waals surface area contributed by atoms with Crippen LogP contribution in [-0.2, 0) is 9.47 Å². The lowest BCUT2D eigenvalue weighted by molar-refractivity contribution is -0.134. The van der Waals surface area contributed by atoms with Gasteiger partial charge in [-0.3, -0.25) is 0 Å². The van der Waals surface area contributed by atoms with Gasteiger partial charge in [0.05, 0.1) is 21.7 Å². The second-order valence-corrected chi connectivity index (χ2v) is 5.39. The summed E-state index contributed by atoms with van der Waals surface area (Å²) in [6, 6.07) is 0.990. The zero-order valence-electron chi connectivity index (χ0n) is 8.67. The summed E-state index contributed by atoms with van der Waals surface area (Å²) in [6.07, 6.45) is 0.514. The predicted octanol–water partition coefficient (Wildman–Crippen LogP) is 1.54. The number of ether oxygens (including phenoxy) is 2. The molecule has 0 unspecified atom stereocenters. The van der Waals surface area contributed by atoms with Crippen LogP contribution in [0.5, 0.6) is 0 Å². The molecule has 0 saturated carbocycles. The Balaban J connectivity index is 3.69. The molecule has 0 aromatic carbocycles. The average Bonchev–Trinajstić information content (AvgIpc) is 1.84. The van der Waals surface area contributed by atoms with Gasteiger partial charge in [0.2, 0.25) is 0 Å². The minimum atomic E-state index is -0.305. The molecule has 0 amide bonds. The minimum absolute atomic E-state index is 0.0579. The van der Waals surface area contributed by atoms with E-state index in [2.05, 4.69) is 6.92 Å². The van der Waals surface area contributed by atoms with Gasteiger partial charge in [0.1, 0.15) is 5.91 Å². The van der Waals surface area contributed by atoms with Gasteiger partial charge in [-0.2, -0.15) is 0 Å². The van der Waals surface area contributed by atoms with Gasteiger partial charge in [-0.25, -0.2) is 0 Å². The standard InChI is InChI=1S/C9H21O2Si/c1-6-12-9(10-7(2)3)11-8(4)5/h7-9H,1,6,12H2,2-5H3. The normalized spacial score (nSPS) is 13.0. The highest BCUT2D eigenvalue weighted by molar-refractivity contribution is 6.36. The third-order valence-electron chi connectivity index (χ3n) is 1.29. The van der Waals surface area contributed by atoms with Crippen molar-refractivity contribution in [2.45, 2.75) is 51.9 Å². The van der Waals surface area contributed by atoms with E-state index in [4.69, 9.17) is 9.47 Å². The van der Waals surface area contributed by atoms with E-state index in [1.54, 1.807) is 0 Å². The van der Waals surface area contributed by atoms with Crippen LogP contribution in [0, 0.1) is 6.92 Å². The molecule has 12 heavy (non-hydrogen) atoms. The van der Waals surface area contributed by atoms with E-state index in [-0.39, 0.29) is 27.6 Å². The highest BCUT2D eigenvalue weighted by Crippen LogP contribution is 2.03. The molecule has 73 valence electrons. The lowest BCUT2D eigenvalue weighted by atomic mass is 10.5. The van der Waals surface area contributed by atoms with Crippen molar-refractivity contribution < 1.29 is 9.47 Å². The summed E-state index contributed by atoms with van der Waals surface area (Å²) >= 11 is 0. The van der Waals surface area contributed by atoms with E-state index in [0.29, 0.717) is 0 Å². The largest absolute Gasteiger partial charge is 0.354 e.